The van der Waals surface area contributed by atoms with Crippen LogP contribution in [0.4, 0.5) is 5.82 Å². The first kappa shape index (κ1) is 29.9. The highest BCUT2D eigenvalue weighted by atomic mass is 35.5. The first-order valence-corrected chi connectivity index (χ1v) is 8.92. The van der Waals surface area contributed by atoms with Crippen LogP contribution in [0.15, 0.2) is 11.7 Å². The van der Waals surface area contributed by atoms with E-state index in [0.717, 1.165) is 16.1 Å². The van der Waals surface area contributed by atoms with Crippen LogP contribution in [0.25, 0.3) is 0 Å². The maximum absolute atomic E-state index is 10.7. The second-order valence-corrected chi connectivity index (χ2v) is 6.94. The Bertz CT molecular complexity index is 730. The number of aromatic nitrogens is 3. The molecule has 0 unspecified atom stereocenters. The summed E-state index contributed by atoms with van der Waals surface area (Å²) >= 11 is 1.50. The molecule has 0 amide bonds. The summed E-state index contributed by atoms with van der Waals surface area (Å²) in [5, 5.41) is 0. The molecule has 0 spiro atoms. The zero-order chi connectivity index (χ0) is 16.3. The molecule has 0 atom stereocenters. The third kappa shape index (κ3) is 8.67. The molecule has 0 aliphatic heterocycles. The Kier molecular flexibility index (Phi) is 14.4. The van der Waals surface area contributed by atoms with Crippen LogP contribution in [0, 0.1) is 13.8 Å². The second kappa shape index (κ2) is 12.5. The van der Waals surface area contributed by atoms with Crippen LogP contribution in [0.2, 0.25) is 0 Å². The number of phosphoric acid groups is 1. The van der Waals surface area contributed by atoms with Crippen molar-refractivity contribution in [3.8, 4) is 0 Å². The maximum Gasteiger partial charge on any atom is 0.469 e. The summed E-state index contributed by atoms with van der Waals surface area (Å²) < 4.78 is 17.1. The number of halogens is 2. The lowest BCUT2D eigenvalue weighted by molar-refractivity contribution is -0.689. The molecule has 0 aromatic carbocycles. The van der Waals surface area contributed by atoms with E-state index in [0.29, 0.717) is 24.6 Å². The molecule has 0 fully saturated rings. The van der Waals surface area contributed by atoms with Gasteiger partial charge in [0, 0.05) is 19.5 Å². The molecule has 10 nitrogen and oxygen atoms in total. The van der Waals surface area contributed by atoms with E-state index in [-0.39, 0.29) is 42.4 Å². The minimum absolute atomic E-state index is 0. The third-order valence-electron chi connectivity index (χ3n) is 3.10. The van der Waals surface area contributed by atoms with Gasteiger partial charge in [0.1, 0.15) is 11.6 Å². The smallest absolute Gasteiger partial charge is 0.469 e. The Balaban J connectivity index is -0.00000132. The Morgan fingerprint density at radius 2 is 1.92 bits per heavy atom. The van der Waals surface area contributed by atoms with Gasteiger partial charge in [-0.2, -0.15) is 4.57 Å². The molecule has 0 aliphatic rings. The van der Waals surface area contributed by atoms with Crippen molar-refractivity contribution < 1.29 is 59.2 Å². The lowest BCUT2D eigenvalue weighted by Crippen LogP contribution is -3.00. The van der Waals surface area contributed by atoms with Crippen LogP contribution in [0.1, 0.15) is 22.0 Å². The second-order valence-electron chi connectivity index (χ2n) is 4.76. The SMILES string of the molecule is Cc1ncc(C[n+]2csc(CCOP(=O)(O)O)c2C)c(N)n1.O.O.[Cl-].[Cl-]. The molecule has 2 aromatic rings. The summed E-state index contributed by atoms with van der Waals surface area (Å²) in [6.45, 7) is 4.24. The molecule has 2 rings (SSSR count). The van der Waals surface area contributed by atoms with Gasteiger partial charge in [0.2, 0.25) is 5.51 Å². The molecule has 152 valence electrons. The zero-order valence-corrected chi connectivity index (χ0v) is 17.2. The van der Waals surface area contributed by atoms with E-state index in [2.05, 4.69) is 14.5 Å². The summed E-state index contributed by atoms with van der Waals surface area (Å²) in [4.78, 5) is 26.6. The number of aryl methyl sites for hydroxylation is 1. The lowest BCUT2D eigenvalue weighted by Gasteiger charge is -2.04. The number of nitrogen functional groups attached to an aromatic ring is 1. The Hall–Kier alpha value is -0.880. The normalized spacial score (nSPS) is 10.0. The third-order valence-corrected chi connectivity index (χ3v) is 4.77. The molecule has 14 heteroatoms. The standard InChI is InChI=1S/C12H17N4O4PS.2ClH.2H2O/c1-8-11(3-4-20-21(17,18)19)22-7-16(8)6-10-5-14-9(2)15-12(10)13;;;;/h5,7H,3-4,6H2,1-2H3,(H3-,13,14,15,17,18,19);2*1H;2*1H2/p-1. The van der Waals surface area contributed by atoms with Crippen molar-refractivity contribution in [2.45, 2.75) is 26.8 Å². The fourth-order valence-electron chi connectivity index (χ4n) is 1.92. The van der Waals surface area contributed by atoms with Gasteiger partial charge in [-0.1, -0.05) is 11.3 Å². The first-order valence-electron chi connectivity index (χ1n) is 6.51. The number of hydrogen-bond acceptors (Lipinski definition) is 6. The average Bonchev–Trinajstić information content (AvgIpc) is 2.73. The topological polar surface area (TPSA) is 185 Å². The average molecular weight is 452 g/mol. The number of nitrogens with two attached hydrogens (primary N) is 1. The van der Waals surface area contributed by atoms with E-state index in [1.54, 1.807) is 13.1 Å². The van der Waals surface area contributed by atoms with Crippen LogP contribution < -0.4 is 35.1 Å². The van der Waals surface area contributed by atoms with Gasteiger partial charge in [0.05, 0.1) is 17.0 Å². The van der Waals surface area contributed by atoms with Crippen molar-refractivity contribution in [2.75, 3.05) is 12.3 Å². The van der Waals surface area contributed by atoms with E-state index < -0.39 is 7.82 Å². The van der Waals surface area contributed by atoms with Crippen LogP contribution >= 0.6 is 19.2 Å². The van der Waals surface area contributed by atoms with E-state index in [4.69, 9.17) is 15.5 Å². The molecule has 2 aromatic heterocycles. The van der Waals surface area contributed by atoms with Crippen molar-refractivity contribution >= 4 is 25.0 Å². The predicted octanol–water partition coefficient (Wildman–Crippen LogP) is -6.92. The van der Waals surface area contributed by atoms with Gasteiger partial charge in [0.15, 0.2) is 12.2 Å². The van der Waals surface area contributed by atoms with Crippen molar-refractivity contribution in [3.05, 3.63) is 33.7 Å². The number of phosphoric ester groups is 1. The molecule has 26 heavy (non-hydrogen) atoms. The summed E-state index contributed by atoms with van der Waals surface area (Å²) in [6.07, 6.45) is 2.15. The highest BCUT2D eigenvalue weighted by molar-refractivity contribution is 7.46. The van der Waals surface area contributed by atoms with Crippen LogP contribution in [-0.2, 0) is 22.1 Å². The number of anilines is 1. The van der Waals surface area contributed by atoms with Gasteiger partial charge in [-0.3, -0.25) is 4.52 Å². The fraction of sp³-hybridized carbons (Fsp3) is 0.417. The largest absolute Gasteiger partial charge is 1.00 e. The van der Waals surface area contributed by atoms with Gasteiger partial charge in [-0.25, -0.2) is 14.5 Å². The summed E-state index contributed by atoms with van der Waals surface area (Å²) in [7, 11) is -4.41. The summed E-state index contributed by atoms with van der Waals surface area (Å²) in [5.41, 5.74) is 9.65. The molecular formula is C12H22Cl2N4O6PS-. The summed E-state index contributed by atoms with van der Waals surface area (Å²) in [6, 6.07) is 0. The molecule has 8 N–H and O–H groups in total. The van der Waals surface area contributed by atoms with Gasteiger partial charge in [-0.05, 0) is 6.92 Å². The number of nitrogens with zero attached hydrogens (tertiary/aromatic N) is 3. The molecule has 0 radical (unpaired) electrons. The fourth-order valence-corrected chi connectivity index (χ4v) is 3.23. The lowest BCUT2D eigenvalue weighted by atomic mass is 10.2. The Labute approximate surface area is 167 Å². The monoisotopic (exact) mass is 451 g/mol. The van der Waals surface area contributed by atoms with E-state index >= 15 is 0 Å². The first-order chi connectivity index (χ1) is 10.3. The van der Waals surface area contributed by atoms with Crippen molar-refractivity contribution in [1.29, 1.82) is 0 Å². The van der Waals surface area contributed by atoms with Crippen molar-refractivity contribution in [1.82, 2.24) is 9.97 Å². The highest BCUT2D eigenvalue weighted by Crippen LogP contribution is 2.35. The Morgan fingerprint density at radius 3 is 2.46 bits per heavy atom. The molecular weight excluding hydrogens is 430 g/mol. The molecule has 0 aliphatic carbocycles. The number of rotatable bonds is 6. The minimum atomic E-state index is -4.41. The highest BCUT2D eigenvalue weighted by Gasteiger charge is 2.19. The predicted molar refractivity (Wildman–Crippen MR) is 88.5 cm³/mol. The molecule has 0 saturated carbocycles. The van der Waals surface area contributed by atoms with Gasteiger partial charge in [0.25, 0.3) is 0 Å². The van der Waals surface area contributed by atoms with Gasteiger partial charge >= 0.3 is 7.82 Å². The van der Waals surface area contributed by atoms with Crippen molar-refractivity contribution in [3.63, 3.8) is 0 Å². The van der Waals surface area contributed by atoms with E-state index in [1.807, 2.05) is 17.0 Å². The quantitative estimate of drug-likeness (QED) is 0.287. The molecule has 2 heterocycles. The van der Waals surface area contributed by atoms with Crippen LogP contribution in [-0.4, -0.2) is 37.3 Å². The zero-order valence-electron chi connectivity index (χ0n) is 14.0. The summed E-state index contributed by atoms with van der Waals surface area (Å²) in [5.74, 6) is 1.08. The maximum atomic E-state index is 10.7. The van der Waals surface area contributed by atoms with Gasteiger partial charge in [-0.15, -0.1) is 0 Å². The van der Waals surface area contributed by atoms with E-state index in [9.17, 15) is 4.57 Å². The minimum Gasteiger partial charge on any atom is -1.00 e. The van der Waals surface area contributed by atoms with Crippen molar-refractivity contribution in [2.24, 2.45) is 0 Å². The Morgan fingerprint density at radius 1 is 1.31 bits per heavy atom. The van der Waals surface area contributed by atoms with Crippen LogP contribution in [0.5, 0.6) is 0 Å². The number of hydrogen-bond donors (Lipinski definition) is 3. The van der Waals surface area contributed by atoms with Crippen LogP contribution in [0.3, 0.4) is 0 Å². The number of thiazole rings is 1. The molecule has 0 saturated heterocycles. The molecule has 0 bridgehead atoms. The van der Waals surface area contributed by atoms with Gasteiger partial charge < -0.3 is 51.3 Å². The van der Waals surface area contributed by atoms with E-state index in [1.165, 1.54) is 11.3 Å².